The van der Waals surface area contributed by atoms with Crippen molar-refractivity contribution in [3.05, 3.63) is 33.9 Å². The number of nitrogens with zero attached hydrogens (tertiary/aromatic N) is 1. The maximum Gasteiger partial charge on any atom is 0.411 e. The Kier molecular flexibility index (Phi) is 6.75. The van der Waals surface area contributed by atoms with Crippen molar-refractivity contribution in [2.45, 2.75) is 33.1 Å². The number of hydrogen-bond donors (Lipinski definition) is 1. The first kappa shape index (κ1) is 16.5. The first-order valence-electron chi connectivity index (χ1n) is 6.79. The van der Waals surface area contributed by atoms with Crippen molar-refractivity contribution in [1.82, 2.24) is 0 Å². The highest BCUT2D eigenvalue weighted by atomic mass is 16.6. The van der Waals surface area contributed by atoms with Gasteiger partial charge in [-0.2, -0.15) is 0 Å². The zero-order valence-corrected chi connectivity index (χ0v) is 12.1. The highest BCUT2D eigenvalue weighted by Gasteiger charge is 2.12. The topological polar surface area (TPSA) is 81.5 Å². The van der Waals surface area contributed by atoms with Crippen molar-refractivity contribution >= 4 is 17.5 Å². The molecule has 0 radical (unpaired) electrons. The van der Waals surface area contributed by atoms with Gasteiger partial charge in [0.15, 0.2) is 0 Å². The third kappa shape index (κ3) is 5.53. The van der Waals surface area contributed by atoms with E-state index in [0.717, 1.165) is 19.3 Å². The summed E-state index contributed by atoms with van der Waals surface area (Å²) >= 11 is 0. The van der Waals surface area contributed by atoms with E-state index in [2.05, 4.69) is 24.1 Å². The first-order chi connectivity index (χ1) is 10.1. The lowest BCUT2D eigenvalue weighted by atomic mass is 10.1. The second-order valence-electron chi connectivity index (χ2n) is 4.24. The third-order valence-corrected chi connectivity index (χ3v) is 2.60. The molecule has 0 bridgehead atoms. The quantitative estimate of drug-likeness (QED) is 0.388. The summed E-state index contributed by atoms with van der Waals surface area (Å²) < 4.78 is 4.78. The van der Waals surface area contributed by atoms with E-state index in [-0.39, 0.29) is 18.0 Å². The lowest BCUT2D eigenvalue weighted by Gasteiger charge is -2.07. The molecular weight excluding hydrogens is 272 g/mol. The van der Waals surface area contributed by atoms with Gasteiger partial charge >= 0.3 is 6.09 Å². The van der Waals surface area contributed by atoms with E-state index in [1.165, 1.54) is 18.2 Å². The molecule has 1 aromatic carbocycles. The number of unbranched alkanes of at least 4 members (excludes halogenated alkanes) is 2. The number of non-ortho nitro benzene ring substituents is 1. The van der Waals surface area contributed by atoms with Crippen LogP contribution in [-0.4, -0.2) is 17.6 Å². The van der Waals surface area contributed by atoms with Gasteiger partial charge in [-0.3, -0.25) is 15.4 Å². The molecule has 0 unspecified atom stereocenters. The normalized spacial score (nSPS) is 9.43. The van der Waals surface area contributed by atoms with E-state index >= 15 is 0 Å². The number of amides is 1. The van der Waals surface area contributed by atoms with Crippen molar-refractivity contribution in [2.75, 3.05) is 11.9 Å². The summed E-state index contributed by atoms with van der Waals surface area (Å²) in [6.45, 7) is 3.97. The number of carbonyl (C=O) groups excluding carboxylic acids is 1. The maximum absolute atomic E-state index is 11.5. The number of rotatable bonds is 5. The summed E-state index contributed by atoms with van der Waals surface area (Å²) in [6, 6.07) is 4.17. The molecule has 21 heavy (non-hydrogen) atoms. The van der Waals surface area contributed by atoms with E-state index in [4.69, 9.17) is 4.74 Å². The van der Waals surface area contributed by atoms with Crippen molar-refractivity contribution in [3.63, 3.8) is 0 Å². The summed E-state index contributed by atoms with van der Waals surface area (Å²) in [7, 11) is 0. The van der Waals surface area contributed by atoms with E-state index in [0.29, 0.717) is 5.56 Å². The summed E-state index contributed by atoms with van der Waals surface area (Å²) in [6.07, 6.45) is 2.12. The SMILES string of the molecule is CCCCC#Cc1ccc([N+](=O)[O-])cc1NC(=O)OCC. The number of ether oxygens (including phenoxy) is 1. The van der Waals surface area contributed by atoms with Crippen LogP contribution in [0.25, 0.3) is 0 Å². The molecule has 0 aromatic heterocycles. The fourth-order valence-electron chi connectivity index (χ4n) is 1.56. The van der Waals surface area contributed by atoms with Crippen LogP contribution in [-0.2, 0) is 4.74 Å². The molecular formula is C15H18N2O4. The average molecular weight is 290 g/mol. The summed E-state index contributed by atoms with van der Waals surface area (Å²) in [5.41, 5.74) is 0.706. The van der Waals surface area contributed by atoms with Gasteiger partial charge in [-0.05, 0) is 19.4 Å². The van der Waals surface area contributed by atoms with Gasteiger partial charge < -0.3 is 4.74 Å². The molecule has 0 saturated carbocycles. The lowest BCUT2D eigenvalue weighted by Crippen LogP contribution is -2.14. The van der Waals surface area contributed by atoms with Crippen molar-refractivity contribution in [3.8, 4) is 11.8 Å². The van der Waals surface area contributed by atoms with Crippen molar-refractivity contribution in [1.29, 1.82) is 0 Å². The molecule has 6 nitrogen and oxygen atoms in total. The predicted molar refractivity (Wildman–Crippen MR) is 80.1 cm³/mol. The van der Waals surface area contributed by atoms with Crippen molar-refractivity contribution in [2.24, 2.45) is 0 Å². The molecule has 1 rings (SSSR count). The molecule has 0 spiro atoms. The molecule has 0 aliphatic carbocycles. The largest absolute Gasteiger partial charge is 0.450 e. The molecule has 0 aliphatic heterocycles. The van der Waals surface area contributed by atoms with E-state index in [9.17, 15) is 14.9 Å². The Labute approximate surface area is 123 Å². The highest BCUT2D eigenvalue weighted by molar-refractivity contribution is 5.87. The molecule has 1 N–H and O–H groups in total. The van der Waals surface area contributed by atoms with Gasteiger partial charge in [-0.25, -0.2) is 4.79 Å². The van der Waals surface area contributed by atoms with Crippen LogP contribution in [0.5, 0.6) is 0 Å². The Morgan fingerprint density at radius 1 is 1.43 bits per heavy atom. The highest BCUT2D eigenvalue weighted by Crippen LogP contribution is 2.22. The second kappa shape index (κ2) is 8.59. The van der Waals surface area contributed by atoms with Gasteiger partial charge in [0.05, 0.1) is 17.2 Å². The van der Waals surface area contributed by atoms with Crippen LogP contribution < -0.4 is 5.32 Å². The standard InChI is InChI=1S/C15H18N2O4/c1-3-5-6-7-8-12-9-10-13(17(19)20)11-14(12)16-15(18)21-4-2/h9-11H,3-6H2,1-2H3,(H,16,18). The summed E-state index contributed by atoms with van der Waals surface area (Å²) in [5, 5.41) is 13.3. The Morgan fingerprint density at radius 2 is 2.19 bits per heavy atom. The molecule has 112 valence electrons. The van der Waals surface area contributed by atoms with Gasteiger partial charge in [-0.1, -0.05) is 25.2 Å². The fraction of sp³-hybridized carbons (Fsp3) is 0.400. The Balaban J connectivity index is 3.01. The number of hydrogen-bond acceptors (Lipinski definition) is 4. The van der Waals surface area contributed by atoms with Crippen LogP contribution >= 0.6 is 0 Å². The van der Waals surface area contributed by atoms with Gasteiger partial charge in [0.2, 0.25) is 0 Å². The molecule has 6 heteroatoms. The number of benzene rings is 1. The zero-order valence-electron chi connectivity index (χ0n) is 12.1. The fourth-order valence-corrected chi connectivity index (χ4v) is 1.56. The number of nitrogens with one attached hydrogen (secondary N) is 1. The van der Waals surface area contributed by atoms with Gasteiger partial charge in [-0.15, -0.1) is 0 Å². The summed E-state index contributed by atoms with van der Waals surface area (Å²) in [5.74, 6) is 5.90. The average Bonchev–Trinajstić information content (AvgIpc) is 2.44. The van der Waals surface area contributed by atoms with Crippen LogP contribution in [0.3, 0.4) is 0 Å². The van der Waals surface area contributed by atoms with Crippen LogP contribution in [0.15, 0.2) is 18.2 Å². The van der Waals surface area contributed by atoms with Crippen molar-refractivity contribution < 1.29 is 14.5 Å². The number of anilines is 1. The van der Waals surface area contributed by atoms with E-state index in [1.54, 1.807) is 6.92 Å². The lowest BCUT2D eigenvalue weighted by molar-refractivity contribution is -0.384. The maximum atomic E-state index is 11.5. The number of carbonyl (C=O) groups is 1. The molecule has 1 amide bonds. The van der Waals surface area contributed by atoms with Gasteiger partial charge in [0, 0.05) is 24.1 Å². The molecule has 0 heterocycles. The molecule has 0 fully saturated rings. The monoisotopic (exact) mass is 290 g/mol. The van der Waals surface area contributed by atoms with E-state index < -0.39 is 11.0 Å². The number of nitro groups is 1. The molecule has 0 aliphatic rings. The smallest absolute Gasteiger partial charge is 0.411 e. The minimum Gasteiger partial charge on any atom is -0.450 e. The minimum atomic E-state index is -0.658. The Bertz CT molecular complexity index is 573. The van der Waals surface area contributed by atoms with Crippen LogP contribution in [0, 0.1) is 22.0 Å². The third-order valence-electron chi connectivity index (χ3n) is 2.60. The van der Waals surface area contributed by atoms with Crippen LogP contribution in [0.4, 0.5) is 16.2 Å². The van der Waals surface area contributed by atoms with Crippen LogP contribution in [0.1, 0.15) is 38.7 Å². The van der Waals surface area contributed by atoms with Crippen LogP contribution in [0.2, 0.25) is 0 Å². The van der Waals surface area contributed by atoms with Gasteiger partial charge in [0.25, 0.3) is 5.69 Å². The molecule has 1 aromatic rings. The Morgan fingerprint density at radius 3 is 2.81 bits per heavy atom. The molecule has 0 atom stereocenters. The summed E-state index contributed by atoms with van der Waals surface area (Å²) in [4.78, 5) is 21.7. The molecule has 0 saturated heterocycles. The zero-order chi connectivity index (χ0) is 15.7. The minimum absolute atomic E-state index is 0.110. The first-order valence-corrected chi connectivity index (χ1v) is 6.79. The predicted octanol–water partition coefficient (Wildman–Crippen LogP) is 3.70. The Hall–Kier alpha value is -2.55. The van der Waals surface area contributed by atoms with Gasteiger partial charge in [0.1, 0.15) is 0 Å². The second-order valence-corrected chi connectivity index (χ2v) is 4.24. The van der Waals surface area contributed by atoms with E-state index in [1.807, 2.05) is 0 Å². The number of nitro benzene ring substituents is 1.